The van der Waals surface area contributed by atoms with Crippen LogP contribution in [0.3, 0.4) is 0 Å². The molecule has 0 aromatic rings. The Morgan fingerprint density at radius 2 is 1.30 bits per heavy atom. The molecule has 306 valence electrons. The molecule has 16 heteroatoms. The zero-order chi connectivity index (χ0) is 39.8. The minimum Gasteiger partial charge on any atom is -0.481 e. The summed E-state index contributed by atoms with van der Waals surface area (Å²) in [4.78, 5) is 72.3. The molecule has 1 rings (SSSR count). The van der Waals surface area contributed by atoms with Gasteiger partial charge in [-0.3, -0.25) is 28.8 Å². The highest BCUT2D eigenvalue weighted by Crippen LogP contribution is 2.25. The fraction of sp³-hybridized carbons (Fsp3) is 0.838. The van der Waals surface area contributed by atoms with Crippen molar-refractivity contribution in [3.8, 4) is 0 Å². The lowest BCUT2D eigenvalue weighted by atomic mass is 9.96. The number of primary amides is 1. The summed E-state index contributed by atoms with van der Waals surface area (Å²) in [5.41, 5.74) is 5.25. The number of aliphatic carboxylic acids is 1. The predicted octanol–water partition coefficient (Wildman–Crippen LogP) is 2.49. The molecule has 8 atom stereocenters. The molecule has 1 fully saturated rings. The van der Waals surface area contributed by atoms with Crippen molar-refractivity contribution in [2.45, 2.75) is 192 Å². The van der Waals surface area contributed by atoms with Crippen molar-refractivity contribution in [2.75, 3.05) is 6.61 Å². The Kier molecular flexibility index (Phi) is 24.5. The Balaban J connectivity index is 2.53. The molecule has 0 aliphatic carbocycles. The second-order valence-electron chi connectivity index (χ2n) is 14.0. The lowest BCUT2D eigenvalue weighted by Crippen LogP contribution is -2.66. The maximum absolute atomic E-state index is 12.9. The minimum atomic E-state index is -1.69. The van der Waals surface area contributed by atoms with E-state index in [1.165, 1.54) is 91.4 Å². The number of nitrogens with one attached hydrogen (secondary N) is 3. The van der Waals surface area contributed by atoms with Crippen molar-refractivity contribution in [1.29, 1.82) is 0 Å². The van der Waals surface area contributed by atoms with Crippen molar-refractivity contribution in [2.24, 2.45) is 5.73 Å². The van der Waals surface area contributed by atoms with Gasteiger partial charge < -0.3 is 51.2 Å². The molecule has 4 amide bonds. The van der Waals surface area contributed by atoms with Crippen molar-refractivity contribution in [3.05, 3.63) is 0 Å². The van der Waals surface area contributed by atoms with Crippen molar-refractivity contribution >= 4 is 35.6 Å². The van der Waals surface area contributed by atoms with Crippen LogP contribution >= 0.6 is 0 Å². The molecule has 1 aliphatic heterocycles. The second-order valence-corrected chi connectivity index (χ2v) is 14.0. The monoisotopic (exact) mass is 758 g/mol. The summed E-state index contributed by atoms with van der Waals surface area (Å²) in [6.45, 7) is 5.62. The van der Waals surface area contributed by atoms with Gasteiger partial charge in [0, 0.05) is 19.8 Å². The van der Waals surface area contributed by atoms with Crippen LogP contribution in [-0.2, 0) is 43.0 Å². The van der Waals surface area contributed by atoms with Crippen LogP contribution in [0.2, 0.25) is 0 Å². The maximum atomic E-state index is 12.9. The maximum Gasteiger partial charge on any atom is 0.305 e. The van der Waals surface area contributed by atoms with Gasteiger partial charge in [0.15, 0.2) is 6.29 Å². The number of hydrogen-bond donors (Lipinski definition) is 7. The van der Waals surface area contributed by atoms with Gasteiger partial charge in [-0.1, -0.05) is 96.8 Å². The molecule has 0 aromatic carbocycles. The number of carboxylic acid groups (broad SMARTS) is 1. The van der Waals surface area contributed by atoms with Gasteiger partial charge in [0.1, 0.15) is 49.1 Å². The first-order valence-corrected chi connectivity index (χ1v) is 19.4. The fourth-order valence-electron chi connectivity index (χ4n) is 6.05. The second kappa shape index (κ2) is 27.3. The van der Waals surface area contributed by atoms with Crippen molar-refractivity contribution < 1.29 is 58.3 Å². The van der Waals surface area contributed by atoms with E-state index in [0.717, 1.165) is 19.3 Å². The molecule has 0 spiro atoms. The van der Waals surface area contributed by atoms with Crippen LogP contribution in [0, 0.1) is 0 Å². The largest absolute Gasteiger partial charge is 0.481 e. The molecule has 0 saturated carbocycles. The zero-order valence-electron chi connectivity index (χ0n) is 32.1. The molecule has 0 aromatic heterocycles. The summed E-state index contributed by atoms with van der Waals surface area (Å²) in [6, 6.07) is -3.80. The van der Waals surface area contributed by atoms with Crippen LogP contribution in [0.4, 0.5) is 0 Å². The Labute approximate surface area is 314 Å². The topological polar surface area (TPSA) is 253 Å². The standard InChI is InChI=1S/C37H66N4O12/c1-5-6-7-8-9-10-11-12-13-14-15-16-17-18-19-20-30(45)51-23-28-32(46)33(31(37(50)53-28)40-26(4)42)52-25(3)36(49)39-24(2)35(48)41-27(34(38)47)21-22-29(43)44/h24-25,27-28,31-33,37,46,50H,5-23H2,1-4H3,(H2,38,47)(H,39,49)(H,40,42)(H,41,48)(H,43,44)/t24-,25-,27+,28+,31-,32+,33+,37+/m1/s1. The highest BCUT2D eigenvalue weighted by molar-refractivity contribution is 5.92. The van der Waals surface area contributed by atoms with Crippen LogP contribution in [0.15, 0.2) is 0 Å². The van der Waals surface area contributed by atoms with Gasteiger partial charge in [-0.15, -0.1) is 0 Å². The first-order chi connectivity index (χ1) is 25.2. The molecule has 53 heavy (non-hydrogen) atoms. The quantitative estimate of drug-likeness (QED) is 0.0429. The van der Waals surface area contributed by atoms with Crippen LogP contribution in [0.1, 0.15) is 143 Å². The summed E-state index contributed by atoms with van der Waals surface area (Å²) in [7, 11) is 0. The highest BCUT2D eigenvalue weighted by Gasteiger charge is 2.47. The third kappa shape index (κ3) is 20.6. The first kappa shape index (κ1) is 47.7. The van der Waals surface area contributed by atoms with Gasteiger partial charge in [-0.25, -0.2) is 0 Å². The van der Waals surface area contributed by atoms with Gasteiger partial charge in [0.05, 0.1) is 0 Å². The molecule has 0 unspecified atom stereocenters. The van der Waals surface area contributed by atoms with E-state index in [-0.39, 0.29) is 12.8 Å². The first-order valence-electron chi connectivity index (χ1n) is 19.4. The number of rotatable bonds is 29. The molecule has 0 bridgehead atoms. The Hall–Kier alpha value is -3.34. The van der Waals surface area contributed by atoms with E-state index in [0.29, 0.717) is 6.42 Å². The lowest BCUT2D eigenvalue weighted by Gasteiger charge is -2.43. The summed E-state index contributed by atoms with van der Waals surface area (Å²) < 4.78 is 16.6. The van der Waals surface area contributed by atoms with Gasteiger partial charge in [0.2, 0.25) is 23.6 Å². The number of carbonyl (C=O) groups is 6. The third-order valence-corrected chi connectivity index (χ3v) is 9.25. The van der Waals surface area contributed by atoms with E-state index in [1.807, 2.05) is 0 Å². The molecule has 16 nitrogen and oxygen atoms in total. The molecule has 1 aliphatic rings. The van der Waals surface area contributed by atoms with Gasteiger partial charge in [-0.2, -0.15) is 0 Å². The number of carbonyl (C=O) groups excluding carboxylic acids is 5. The number of amides is 4. The summed E-state index contributed by atoms with van der Waals surface area (Å²) in [5.74, 6) is -4.85. The average molecular weight is 759 g/mol. The van der Waals surface area contributed by atoms with Gasteiger partial charge >= 0.3 is 11.9 Å². The average Bonchev–Trinajstić information content (AvgIpc) is 3.09. The molecule has 1 heterocycles. The van der Waals surface area contributed by atoms with E-state index in [4.69, 9.17) is 25.1 Å². The summed E-state index contributed by atoms with van der Waals surface area (Å²) >= 11 is 0. The number of aliphatic hydroxyl groups excluding tert-OH is 2. The van der Waals surface area contributed by atoms with Crippen molar-refractivity contribution in [1.82, 2.24) is 16.0 Å². The summed E-state index contributed by atoms with van der Waals surface area (Å²) in [5, 5.41) is 37.8. The summed E-state index contributed by atoms with van der Waals surface area (Å²) in [6.07, 6.45) is 10.3. The molecule has 0 radical (unpaired) electrons. The van der Waals surface area contributed by atoms with Crippen LogP contribution in [-0.4, -0.2) is 106 Å². The lowest BCUT2D eigenvalue weighted by molar-refractivity contribution is -0.267. The van der Waals surface area contributed by atoms with E-state index in [2.05, 4.69) is 22.9 Å². The van der Waals surface area contributed by atoms with Crippen LogP contribution < -0.4 is 21.7 Å². The number of nitrogens with two attached hydrogens (primary N) is 1. The van der Waals surface area contributed by atoms with Crippen LogP contribution in [0.25, 0.3) is 0 Å². The van der Waals surface area contributed by atoms with Crippen LogP contribution in [0.5, 0.6) is 0 Å². The van der Waals surface area contributed by atoms with Gasteiger partial charge in [-0.05, 0) is 26.7 Å². The van der Waals surface area contributed by atoms with Crippen molar-refractivity contribution in [3.63, 3.8) is 0 Å². The molecular weight excluding hydrogens is 692 g/mol. The van der Waals surface area contributed by atoms with Gasteiger partial charge in [0.25, 0.3) is 0 Å². The Morgan fingerprint density at radius 1 is 0.774 bits per heavy atom. The minimum absolute atomic E-state index is 0.181. The van der Waals surface area contributed by atoms with E-state index in [1.54, 1.807) is 0 Å². The zero-order valence-corrected chi connectivity index (χ0v) is 32.1. The predicted molar refractivity (Wildman–Crippen MR) is 195 cm³/mol. The van der Waals surface area contributed by atoms with E-state index in [9.17, 15) is 39.0 Å². The number of aliphatic hydroxyl groups is 2. The normalized spacial score (nSPS) is 21.5. The smallest absolute Gasteiger partial charge is 0.305 e. The molecule has 1 saturated heterocycles. The fourth-order valence-corrected chi connectivity index (χ4v) is 6.05. The number of hydrogen-bond acceptors (Lipinski definition) is 11. The molecular formula is C37H66N4O12. The SMILES string of the molecule is CCCCCCCCCCCCCCCCCC(=O)OC[C@@H]1O[C@H](O)[C@H](NC(C)=O)[C@H](O[C@H](C)C(=O)N[C@H](C)C(=O)N[C@@H](CCC(=O)O)C(N)=O)[C@H]1O. The Bertz CT molecular complexity index is 1130. The van der Waals surface area contributed by atoms with E-state index >= 15 is 0 Å². The Morgan fingerprint density at radius 3 is 1.79 bits per heavy atom. The number of esters is 1. The number of ether oxygens (including phenoxy) is 3. The molecule has 8 N–H and O–H groups in total. The third-order valence-electron chi connectivity index (χ3n) is 9.25. The van der Waals surface area contributed by atoms with E-state index < -0.39 is 97.4 Å². The number of carboxylic acids is 1. The highest BCUT2D eigenvalue weighted by atomic mass is 16.6. The number of unbranched alkanes of at least 4 members (excludes halogenated alkanes) is 14.